The molecule has 1 unspecified atom stereocenters. The van der Waals surface area contributed by atoms with Gasteiger partial charge in [-0.15, -0.1) is 0 Å². The Hall–Kier alpha value is -1.63. The molecule has 1 aliphatic carbocycles. The molecule has 0 spiro atoms. The van der Waals surface area contributed by atoms with Crippen LogP contribution < -0.4 is 15.4 Å². The molecule has 2 rings (SSSR count). The van der Waals surface area contributed by atoms with Crippen molar-refractivity contribution in [3.63, 3.8) is 0 Å². The molecule has 1 aromatic rings. The fourth-order valence-electron chi connectivity index (χ4n) is 1.77. The summed E-state index contributed by atoms with van der Waals surface area (Å²) >= 11 is 0. The summed E-state index contributed by atoms with van der Waals surface area (Å²) in [5.41, 5.74) is 0. The molecule has 7 heteroatoms. The molecular weight excluding hydrogens is 258 g/mol. The second kappa shape index (κ2) is 7.23. The van der Waals surface area contributed by atoms with Gasteiger partial charge in [0, 0.05) is 13.1 Å². The van der Waals surface area contributed by atoms with E-state index in [9.17, 15) is 5.11 Å². The van der Waals surface area contributed by atoms with Crippen LogP contribution in [0, 0.1) is 5.92 Å². The van der Waals surface area contributed by atoms with Crippen molar-refractivity contribution in [1.29, 1.82) is 0 Å². The lowest BCUT2D eigenvalue weighted by Crippen LogP contribution is -2.23. The van der Waals surface area contributed by atoms with Gasteiger partial charge >= 0.3 is 6.01 Å². The molecule has 3 N–H and O–H groups in total. The van der Waals surface area contributed by atoms with Crippen LogP contribution in [0.1, 0.15) is 33.1 Å². The van der Waals surface area contributed by atoms with Gasteiger partial charge in [-0.1, -0.05) is 6.92 Å². The Labute approximate surface area is 119 Å². The number of hydrogen-bond donors (Lipinski definition) is 3. The molecule has 0 bridgehead atoms. The van der Waals surface area contributed by atoms with E-state index < -0.39 is 0 Å². The quantitative estimate of drug-likeness (QED) is 0.628. The highest BCUT2D eigenvalue weighted by molar-refractivity contribution is 5.35. The summed E-state index contributed by atoms with van der Waals surface area (Å²) < 4.78 is 5.44. The maximum atomic E-state index is 9.85. The molecule has 1 aromatic heterocycles. The zero-order chi connectivity index (χ0) is 14.4. The topological polar surface area (TPSA) is 92.2 Å². The molecule has 112 valence electrons. The van der Waals surface area contributed by atoms with Gasteiger partial charge in [-0.05, 0) is 32.1 Å². The normalized spacial score (nSPS) is 15.8. The van der Waals surface area contributed by atoms with Crippen molar-refractivity contribution in [3.8, 4) is 6.01 Å². The molecule has 7 nitrogen and oxygen atoms in total. The zero-order valence-electron chi connectivity index (χ0n) is 12.1. The summed E-state index contributed by atoms with van der Waals surface area (Å²) in [7, 11) is 0. The number of nitrogens with zero attached hydrogens (tertiary/aromatic N) is 3. The van der Waals surface area contributed by atoms with E-state index in [4.69, 9.17) is 4.74 Å². The number of aliphatic hydroxyl groups is 1. The fraction of sp³-hybridized carbons (Fsp3) is 0.769. The van der Waals surface area contributed by atoms with Crippen LogP contribution in [-0.2, 0) is 0 Å². The van der Waals surface area contributed by atoms with Crippen LogP contribution >= 0.6 is 0 Å². The third kappa shape index (κ3) is 4.48. The van der Waals surface area contributed by atoms with Crippen molar-refractivity contribution in [2.75, 3.05) is 30.3 Å². The fourth-order valence-corrected chi connectivity index (χ4v) is 1.77. The number of hydrogen-bond acceptors (Lipinski definition) is 7. The number of aromatic nitrogens is 3. The van der Waals surface area contributed by atoms with Crippen LogP contribution in [0.25, 0.3) is 0 Å². The maximum absolute atomic E-state index is 9.85. The predicted molar refractivity (Wildman–Crippen MR) is 77.0 cm³/mol. The van der Waals surface area contributed by atoms with E-state index in [0.29, 0.717) is 37.0 Å². The van der Waals surface area contributed by atoms with Crippen LogP contribution in [0.15, 0.2) is 0 Å². The van der Waals surface area contributed by atoms with Gasteiger partial charge in [0.25, 0.3) is 0 Å². The van der Waals surface area contributed by atoms with E-state index >= 15 is 0 Å². The average Bonchev–Trinajstić information content (AvgIpc) is 3.27. The van der Waals surface area contributed by atoms with Crippen molar-refractivity contribution in [2.24, 2.45) is 5.92 Å². The van der Waals surface area contributed by atoms with Crippen molar-refractivity contribution in [2.45, 2.75) is 39.2 Å². The molecule has 20 heavy (non-hydrogen) atoms. The van der Waals surface area contributed by atoms with Gasteiger partial charge in [-0.2, -0.15) is 15.0 Å². The van der Waals surface area contributed by atoms with Crippen LogP contribution in [0.4, 0.5) is 11.9 Å². The average molecular weight is 281 g/mol. The van der Waals surface area contributed by atoms with Crippen LogP contribution in [0.2, 0.25) is 0 Å². The van der Waals surface area contributed by atoms with Crippen LogP contribution in [0.5, 0.6) is 6.01 Å². The minimum Gasteiger partial charge on any atom is -0.463 e. The van der Waals surface area contributed by atoms with E-state index in [2.05, 4.69) is 25.6 Å². The van der Waals surface area contributed by atoms with E-state index in [1.54, 1.807) is 0 Å². The number of anilines is 2. The lowest BCUT2D eigenvalue weighted by atomic mass is 10.2. The lowest BCUT2D eigenvalue weighted by molar-refractivity contribution is 0.164. The summed E-state index contributed by atoms with van der Waals surface area (Å²) in [6, 6.07) is 0.307. The standard InChI is InChI=1S/C13H23N5O2/c1-3-7-20-13-17-11(14-4-2)16-12(18-13)15-8-10(19)9-5-6-9/h9-10,19H,3-8H2,1-2H3,(H2,14,15,16,17,18). The lowest BCUT2D eigenvalue weighted by Gasteiger charge is -2.12. The Morgan fingerprint density at radius 3 is 2.50 bits per heavy atom. The molecule has 0 radical (unpaired) electrons. The molecule has 0 amide bonds. The SMILES string of the molecule is CCCOc1nc(NCC)nc(NCC(O)C2CC2)n1. The number of ether oxygens (including phenoxy) is 1. The number of rotatable bonds is 9. The maximum Gasteiger partial charge on any atom is 0.323 e. The van der Waals surface area contributed by atoms with E-state index in [1.807, 2.05) is 13.8 Å². The van der Waals surface area contributed by atoms with Gasteiger partial charge in [0.05, 0.1) is 12.7 Å². The Bertz CT molecular complexity index is 425. The molecule has 1 saturated carbocycles. The third-order valence-corrected chi connectivity index (χ3v) is 3.02. The molecular formula is C13H23N5O2. The molecule has 0 saturated heterocycles. The first-order chi connectivity index (χ1) is 9.72. The number of aliphatic hydroxyl groups excluding tert-OH is 1. The first-order valence-corrected chi connectivity index (χ1v) is 7.27. The Kier molecular flexibility index (Phi) is 5.34. The van der Waals surface area contributed by atoms with Crippen molar-refractivity contribution in [1.82, 2.24) is 15.0 Å². The second-order valence-electron chi connectivity index (χ2n) is 4.93. The minimum absolute atomic E-state index is 0.307. The number of nitrogens with one attached hydrogen (secondary N) is 2. The molecule has 1 fully saturated rings. The minimum atomic E-state index is -0.339. The van der Waals surface area contributed by atoms with Crippen molar-refractivity contribution in [3.05, 3.63) is 0 Å². The first kappa shape index (κ1) is 14.8. The van der Waals surface area contributed by atoms with Gasteiger partial charge in [0.15, 0.2) is 0 Å². The third-order valence-electron chi connectivity index (χ3n) is 3.02. The largest absolute Gasteiger partial charge is 0.463 e. The summed E-state index contributed by atoms with van der Waals surface area (Å²) in [5.74, 6) is 1.34. The van der Waals surface area contributed by atoms with Gasteiger partial charge in [0.1, 0.15) is 0 Å². The Morgan fingerprint density at radius 2 is 1.90 bits per heavy atom. The highest BCUT2D eigenvalue weighted by Crippen LogP contribution is 2.32. The summed E-state index contributed by atoms with van der Waals surface area (Å²) in [4.78, 5) is 12.6. The Balaban J connectivity index is 1.98. The van der Waals surface area contributed by atoms with Gasteiger partial charge in [-0.25, -0.2) is 0 Å². The Morgan fingerprint density at radius 1 is 1.20 bits per heavy atom. The smallest absolute Gasteiger partial charge is 0.323 e. The predicted octanol–water partition coefficient (Wildman–Crippen LogP) is 1.27. The molecule has 1 atom stereocenters. The molecule has 1 heterocycles. The van der Waals surface area contributed by atoms with E-state index in [1.165, 1.54) is 0 Å². The highest BCUT2D eigenvalue weighted by Gasteiger charge is 2.29. The zero-order valence-corrected chi connectivity index (χ0v) is 12.1. The molecule has 0 aliphatic heterocycles. The first-order valence-electron chi connectivity index (χ1n) is 7.27. The van der Waals surface area contributed by atoms with Crippen molar-refractivity contribution < 1.29 is 9.84 Å². The van der Waals surface area contributed by atoms with Gasteiger partial charge in [0.2, 0.25) is 11.9 Å². The van der Waals surface area contributed by atoms with Crippen LogP contribution in [0.3, 0.4) is 0 Å². The molecule has 0 aromatic carbocycles. The highest BCUT2D eigenvalue weighted by atomic mass is 16.5. The van der Waals surface area contributed by atoms with Crippen LogP contribution in [-0.4, -0.2) is 45.9 Å². The summed E-state index contributed by atoms with van der Waals surface area (Å²) in [5, 5.41) is 15.9. The summed E-state index contributed by atoms with van der Waals surface area (Å²) in [6.45, 7) is 5.74. The summed E-state index contributed by atoms with van der Waals surface area (Å²) in [6.07, 6.45) is 2.77. The second-order valence-corrected chi connectivity index (χ2v) is 4.93. The van der Waals surface area contributed by atoms with Crippen molar-refractivity contribution >= 4 is 11.9 Å². The van der Waals surface area contributed by atoms with Gasteiger partial charge in [-0.3, -0.25) is 0 Å². The molecule has 1 aliphatic rings. The van der Waals surface area contributed by atoms with E-state index in [-0.39, 0.29) is 6.10 Å². The van der Waals surface area contributed by atoms with Gasteiger partial charge < -0.3 is 20.5 Å². The monoisotopic (exact) mass is 281 g/mol. The van der Waals surface area contributed by atoms with E-state index in [0.717, 1.165) is 25.8 Å².